The van der Waals surface area contributed by atoms with E-state index in [1.54, 1.807) is 12.3 Å². The average Bonchev–Trinajstić information content (AvgIpc) is 3.18. The lowest BCUT2D eigenvalue weighted by molar-refractivity contribution is -0.122. The summed E-state index contributed by atoms with van der Waals surface area (Å²) in [7, 11) is 0. The lowest BCUT2D eigenvalue weighted by Crippen LogP contribution is -2.44. The Morgan fingerprint density at radius 2 is 2.10 bits per heavy atom. The molecule has 0 bridgehead atoms. The molecule has 154 valence electrons. The number of pyridine rings is 1. The molecule has 0 saturated carbocycles. The summed E-state index contributed by atoms with van der Waals surface area (Å²) in [6.45, 7) is 4.57. The molecule has 0 aromatic carbocycles. The van der Waals surface area contributed by atoms with Gasteiger partial charge in [-0.25, -0.2) is 14.5 Å². The predicted molar refractivity (Wildman–Crippen MR) is 108 cm³/mol. The number of β-lactam (4-membered cyclic amide) rings is 1. The highest BCUT2D eigenvalue weighted by molar-refractivity contribution is 6.34. The van der Waals surface area contributed by atoms with Crippen molar-refractivity contribution in [2.45, 2.75) is 38.0 Å². The summed E-state index contributed by atoms with van der Waals surface area (Å²) in [5.41, 5.74) is 1.95. The Morgan fingerprint density at radius 3 is 2.77 bits per heavy atom. The number of rotatable bonds is 3. The second-order valence-electron chi connectivity index (χ2n) is 8.25. The van der Waals surface area contributed by atoms with Gasteiger partial charge < -0.3 is 5.32 Å². The summed E-state index contributed by atoms with van der Waals surface area (Å²) in [5.74, 6) is -0.956. The number of carbonyl (C=O) groups is 2. The lowest BCUT2D eigenvalue weighted by atomic mass is 9.88. The molecule has 1 atom stereocenters. The highest BCUT2D eigenvalue weighted by Crippen LogP contribution is 2.46. The summed E-state index contributed by atoms with van der Waals surface area (Å²) in [6, 6.07) is 2.85. The van der Waals surface area contributed by atoms with Crippen LogP contribution in [0.1, 0.15) is 43.9 Å². The van der Waals surface area contributed by atoms with Crippen LogP contribution in [0.25, 0.3) is 5.65 Å². The van der Waals surface area contributed by atoms with Crippen LogP contribution in [0, 0.1) is 5.95 Å². The number of carbonyl (C=O) groups excluding carboxylic acids is 2. The maximum atomic E-state index is 13.7. The van der Waals surface area contributed by atoms with Gasteiger partial charge in [-0.05, 0) is 12.5 Å². The number of fused-ring (bicyclic) bond motifs is 3. The van der Waals surface area contributed by atoms with Crippen molar-refractivity contribution in [2.75, 3.05) is 16.8 Å². The van der Waals surface area contributed by atoms with Gasteiger partial charge >= 0.3 is 0 Å². The van der Waals surface area contributed by atoms with Gasteiger partial charge in [0.15, 0.2) is 11.5 Å². The Balaban J connectivity index is 1.43. The van der Waals surface area contributed by atoms with Gasteiger partial charge in [-0.3, -0.25) is 14.5 Å². The van der Waals surface area contributed by atoms with Crippen molar-refractivity contribution in [1.82, 2.24) is 19.6 Å². The third-order valence-corrected chi connectivity index (χ3v) is 6.00. The molecular formula is C20H18ClFN6O2. The third-order valence-electron chi connectivity index (χ3n) is 5.72. The minimum atomic E-state index is -0.610. The molecule has 2 amide bonds. The van der Waals surface area contributed by atoms with Crippen LogP contribution >= 0.6 is 11.6 Å². The van der Waals surface area contributed by atoms with Gasteiger partial charge in [0.25, 0.3) is 0 Å². The van der Waals surface area contributed by atoms with Gasteiger partial charge in [-0.1, -0.05) is 25.4 Å². The van der Waals surface area contributed by atoms with Crippen molar-refractivity contribution in [3.05, 3.63) is 46.8 Å². The normalized spacial score (nSPS) is 19.7. The van der Waals surface area contributed by atoms with E-state index >= 15 is 0 Å². The zero-order valence-electron chi connectivity index (χ0n) is 16.3. The van der Waals surface area contributed by atoms with Crippen molar-refractivity contribution in [2.24, 2.45) is 0 Å². The van der Waals surface area contributed by atoms with Crippen LogP contribution in [-0.4, -0.2) is 37.9 Å². The van der Waals surface area contributed by atoms with Gasteiger partial charge in [0.1, 0.15) is 0 Å². The molecule has 2 aliphatic rings. The first-order valence-electron chi connectivity index (χ1n) is 9.56. The van der Waals surface area contributed by atoms with Crippen molar-refractivity contribution < 1.29 is 14.0 Å². The molecule has 0 radical (unpaired) electrons. The van der Waals surface area contributed by atoms with Crippen molar-refractivity contribution >= 4 is 40.6 Å². The SMILES string of the molecule is CC1(C)CC(C(=O)Nc2cnc(N3CCC3=O)c(Cl)c2)c2cnc3cc(F)nn3c21. The minimum absolute atomic E-state index is 0.0279. The number of halogens is 2. The first-order chi connectivity index (χ1) is 14.2. The Kier molecular flexibility index (Phi) is 4.08. The van der Waals surface area contributed by atoms with E-state index in [0.29, 0.717) is 41.6 Å². The fourth-order valence-corrected chi connectivity index (χ4v) is 4.54. The zero-order valence-corrected chi connectivity index (χ0v) is 17.1. The maximum Gasteiger partial charge on any atom is 0.235 e. The molecule has 1 saturated heterocycles. The van der Waals surface area contributed by atoms with Crippen LogP contribution in [0.2, 0.25) is 5.02 Å². The van der Waals surface area contributed by atoms with E-state index in [0.717, 1.165) is 11.3 Å². The van der Waals surface area contributed by atoms with Gasteiger partial charge in [0.05, 0.1) is 28.5 Å². The molecule has 0 spiro atoms. The number of aromatic nitrogens is 4. The molecule has 1 aliphatic heterocycles. The topological polar surface area (TPSA) is 92.5 Å². The highest BCUT2D eigenvalue weighted by Gasteiger charge is 2.43. The number of nitrogens with one attached hydrogen (secondary N) is 1. The van der Waals surface area contributed by atoms with Crippen molar-refractivity contribution in [3.63, 3.8) is 0 Å². The molecule has 1 aliphatic carbocycles. The van der Waals surface area contributed by atoms with E-state index in [-0.39, 0.29) is 11.8 Å². The van der Waals surface area contributed by atoms with E-state index in [9.17, 15) is 14.0 Å². The average molecular weight is 429 g/mol. The quantitative estimate of drug-likeness (QED) is 0.647. The van der Waals surface area contributed by atoms with E-state index in [1.165, 1.54) is 21.7 Å². The van der Waals surface area contributed by atoms with E-state index in [2.05, 4.69) is 20.4 Å². The van der Waals surface area contributed by atoms with Crippen LogP contribution in [0.5, 0.6) is 0 Å². The molecular weight excluding hydrogens is 411 g/mol. The lowest BCUT2D eigenvalue weighted by Gasteiger charge is -2.30. The van der Waals surface area contributed by atoms with Crippen LogP contribution in [0.3, 0.4) is 0 Å². The Labute approximate surface area is 176 Å². The van der Waals surface area contributed by atoms with Gasteiger partial charge in [0, 0.05) is 36.2 Å². The van der Waals surface area contributed by atoms with Crippen molar-refractivity contribution in [3.8, 4) is 0 Å². The first kappa shape index (κ1) is 18.9. The Bertz CT molecular complexity index is 1220. The van der Waals surface area contributed by atoms with Crippen LogP contribution in [0.4, 0.5) is 15.9 Å². The monoisotopic (exact) mass is 428 g/mol. The van der Waals surface area contributed by atoms with Crippen LogP contribution in [0.15, 0.2) is 24.5 Å². The summed E-state index contributed by atoms with van der Waals surface area (Å²) in [5, 5.41) is 7.06. The fourth-order valence-electron chi connectivity index (χ4n) is 4.27. The number of hydrogen-bond donors (Lipinski definition) is 1. The van der Waals surface area contributed by atoms with Crippen molar-refractivity contribution in [1.29, 1.82) is 0 Å². The fraction of sp³-hybridized carbons (Fsp3) is 0.350. The number of amides is 2. The van der Waals surface area contributed by atoms with Gasteiger partial charge in [-0.15, -0.1) is 5.10 Å². The summed E-state index contributed by atoms with van der Waals surface area (Å²) < 4.78 is 15.2. The zero-order chi connectivity index (χ0) is 21.2. The molecule has 5 rings (SSSR count). The molecule has 30 heavy (non-hydrogen) atoms. The van der Waals surface area contributed by atoms with Gasteiger partial charge in [0.2, 0.25) is 17.8 Å². The maximum absolute atomic E-state index is 13.7. The molecule has 1 N–H and O–H groups in total. The van der Waals surface area contributed by atoms with Crippen LogP contribution in [-0.2, 0) is 15.0 Å². The van der Waals surface area contributed by atoms with E-state index in [4.69, 9.17) is 11.6 Å². The molecule has 3 aromatic rings. The molecule has 4 heterocycles. The standard InChI is InChI=1S/C20H18ClFN6O2/c1-20(2)7-11(12-9-23-15-6-14(22)26-28(15)17(12)20)19(30)25-10-5-13(21)18(24-8-10)27-4-3-16(27)29/h5-6,8-9,11H,3-4,7H2,1-2H3,(H,25,30). The summed E-state index contributed by atoms with van der Waals surface area (Å²) in [4.78, 5) is 34.7. The molecule has 1 unspecified atom stereocenters. The second-order valence-corrected chi connectivity index (χ2v) is 8.66. The summed E-state index contributed by atoms with van der Waals surface area (Å²) >= 11 is 6.27. The minimum Gasteiger partial charge on any atom is -0.324 e. The van der Waals surface area contributed by atoms with E-state index in [1.807, 2.05) is 13.8 Å². The molecule has 3 aromatic heterocycles. The van der Waals surface area contributed by atoms with E-state index < -0.39 is 17.3 Å². The third kappa shape index (κ3) is 2.84. The van der Waals surface area contributed by atoms with Gasteiger partial charge in [-0.2, -0.15) is 4.39 Å². The highest BCUT2D eigenvalue weighted by atomic mass is 35.5. The molecule has 8 nitrogen and oxygen atoms in total. The molecule has 1 fully saturated rings. The number of hydrogen-bond acceptors (Lipinski definition) is 5. The molecule has 10 heteroatoms. The predicted octanol–water partition coefficient (Wildman–Crippen LogP) is 3.06. The first-order valence-corrected chi connectivity index (χ1v) is 9.94. The second kappa shape index (κ2) is 6.46. The largest absolute Gasteiger partial charge is 0.324 e. The number of anilines is 2. The Hall–Kier alpha value is -3.07. The smallest absolute Gasteiger partial charge is 0.235 e. The number of nitrogens with zero attached hydrogens (tertiary/aromatic N) is 5. The van der Waals surface area contributed by atoms with Crippen LogP contribution < -0.4 is 10.2 Å². The Morgan fingerprint density at radius 1 is 1.30 bits per heavy atom. The summed E-state index contributed by atoms with van der Waals surface area (Å²) in [6.07, 6.45) is 4.11.